The van der Waals surface area contributed by atoms with Crippen molar-refractivity contribution in [3.63, 3.8) is 0 Å². The molecule has 2 rings (SSSR count). The lowest BCUT2D eigenvalue weighted by Crippen LogP contribution is -2.07. The Balaban J connectivity index is 1.72. The van der Waals surface area contributed by atoms with Gasteiger partial charge in [0.25, 0.3) is 0 Å². The maximum Gasteiger partial charge on any atom is 0.131 e. The molecule has 6 heteroatoms. The fourth-order valence-electron chi connectivity index (χ4n) is 1.37. The van der Waals surface area contributed by atoms with Gasteiger partial charge in [-0.1, -0.05) is 0 Å². The molecule has 0 atom stereocenters. The van der Waals surface area contributed by atoms with Gasteiger partial charge in [0.05, 0.1) is 6.33 Å². The summed E-state index contributed by atoms with van der Waals surface area (Å²) in [5.74, 6) is 1.24. The van der Waals surface area contributed by atoms with Crippen molar-refractivity contribution < 1.29 is 0 Å². The Hall–Kier alpha value is -2.11. The summed E-state index contributed by atoms with van der Waals surface area (Å²) in [5, 5.41) is 3.18. The molecule has 0 aliphatic heterocycles. The van der Waals surface area contributed by atoms with Gasteiger partial charge in [-0.15, -0.1) is 0 Å². The number of hydrogen-bond donors (Lipinski definition) is 2. The van der Waals surface area contributed by atoms with E-state index in [9.17, 15) is 0 Å². The maximum atomic E-state index is 5.54. The normalized spacial score (nSPS) is 10.2. The van der Waals surface area contributed by atoms with Gasteiger partial charge in [-0.2, -0.15) is 0 Å². The minimum Gasteiger partial charge on any atom is -0.384 e. The Morgan fingerprint density at radius 1 is 1.38 bits per heavy atom. The first kappa shape index (κ1) is 10.4. The van der Waals surface area contributed by atoms with E-state index in [1.54, 1.807) is 12.3 Å². The van der Waals surface area contributed by atoms with Crippen LogP contribution in [-0.2, 0) is 6.54 Å². The van der Waals surface area contributed by atoms with E-state index in [0.717, 1.165) is 25.3 Å². The average Bonchev–Trinajstić information content (AvgIpc) is 2.77. The minimum atomic E-state index is 0.479. The molecule has 0 radical (unpaired) electrons. The van der Waals surface area contributed by atoms with Crippen LogP contribution in [0, 0.1) is 0 Å². The zero-order chi connectivity index (χ0) is 11.2. The number of rotatable bonds is 5. The van der Waals surface area contributed by atoms with Crippen LogP contribution in [-0.4, -0.2) is 26.1 Å². The second-order valence-electron chi connectivity index (χ2n) is 3.41. The Morgan fingerprint density at radius 2 is 2.31 bits per heavy atom. The molecule has 0 saturated carbocycles. The summed E-state index contributed by atoms with van der Waals surface area (Å²) in [4.78, 5) is 11.9. The van der Waals surface area contributed by atoms with Crippen LogP contribution in [0.15, 0.2) is 31.1 Å². The number of hydrogen-bond acceptors (Lipinski definition) is 5. The van der Waals surface area contributed by atoms with Crippen LogP contribution in [0.25, 0.3) is 0 Å². The van der Waals surface area contributed by atoms with E-state index in [4.69, 9.17) is 5.73 Å². The third-order valence-electron chi connectivity index (χ3n) is 2.15. The number of nitrogen functional groups attached to an aromatic ring is 1. The number of nitrogens with zero attached hydrogens (tertiary/aromatic N) is 4. The molecule has 0 fully saturated rings. The average molecular weight is 218 g/mol. The van der Waals surface area contributed by atoms with E-state index in [2.05, 4.69) is 20.3 Å². The molecule has 0 aliphatic rings. The smallest absolute Gasteiger partial charge is 0.131 e. The zero-order valence-electron chi connectivity index (χ0n) is 8.87. The van der Waals surface area contributed by atoms with Gasteiger partial charge in [-0.25, -0.2) is 15.0 Å². The standard InChI is InChI=1S/C10H14N6/c11-9-6-10(15-7-14-9)13-2-1-4-16-5-3-12-8-16/h3,5-8H,1-2,4H2,(H3,11,13,14,15). The first-order valence-electron chi connectivity index (χ1n) is 5.12. The Labute approximate surface area is 93.6 Å². The van der Waals surface area contributed by atoms with Crippen molar-refractivity contribution in [3.8, 4) is 0 Å². The number of aromatic nitrogens is 4. The predicted octanol–water partition coefficient (Wildman–Crippen LogP) is 0.757. The molecule has 0 unspecified atom stereocenters. The molecule has 6 nitrogen and oxygen atoms in total. The van der Waals surface area contributed by atoms with Crippen LogP contribution in [0.2, 0.25) is 0 Å². The Morgan fingerprint density at radius 3 is 3.06 bits per heavy atom. The van der Waals surface area contributed by atoms with Crippen molar-refractivity contribution in [2.75, 3.05) is 17.6 Å². The molecule has 84 valence electrons. The SMILES string of the molecule is Nc1cc(NCCCn2ccnc2)ncn1. The van der Waals surface area contributed by atoms with Gasteiger partial charge in [0, 0.05) is 31.5 Å². The van der Waals surface area contributed by atoms with E-state index in [1.165, 1.54) is 6.33 Å². The number of nitrogens with one attached hydrogen (secondary N) is 1. The lowest BCUT2D eigenvalue weighted by Gasteiger charge is -2.05. The van der Waals surface area contributed by atoms with Crippen LogP contribution in [0.5, 0.6) is 0 Å². The van der Waals surface area contributed by atoms with Crippen LogP contribution >= 0.6 is 0 Å². The Kier molecular flexibility index (Phi) is 3.32. The molecule has 0 amide bonds. The maximum absolute atomic E-state index is 5.54. The summed E-state index contributed by atoms with van der Waals surface area (Å²) >= 11 is 0. The first-order chi connectivity index (χ1) is 7.84. The van der Waals surface area contributed by atoms with Gasteiger partial charge in [-0.05, 0) is 6.42 Å². The fourth-order valence-corrected chi connectivity index (χ4v) is 1.37. The monoisotopic (exact) mass is 218 g/mol. The van der Waals surface area contributed by atoms with Crippen molar-refractivity contribution in [2.24, 2.45) is 0 Å². The van der Waals surface area contributed by atoms with Gasteiger partial charge in [0.1, 0.15) is 18.0 Å². The highest BCUT2D eigenvalue weighted by molar-refractivity contribution is 5.42. The van der Waals surface area contributed by atoms with Gasteiger partial charge in [0.2, 0.25) is 0 Å². The zero-order valence-corrected chi connectivity index (χ0v) is 8.87. The molecule has 2 aromatic rings. The quantitative estimate of drug-likeness (QED) is 0.724. The number of anilines is 2. The van der Waals surface area contributed by atoms with Crippen molar-refractivity contribution in [3.05, 3.63) is 31.1 Å². The van der Waals surface area contributed by atoms with Crippen LogP contribution in [0.4, 0.5) is 11.6 Å². The Bertz CT molecular complexity index is 425. The first-order valence-corrected chi connectivity index (χ1v) is 5.12. The van der Waals surface area contributed by atoms with E-state index < -0.39 is 0 Å². The summed E-state index contributed by atoms with van der Waals surface area (Å²) < 4.78 is 2.04. The van der Waals surface area contributed by atoms with E-state index in [-0.39, 0.29) is 0 Å². The van der Waals surface area contributed by atoms with Crippen LogP contribution in [0.1, 0.15) is 6.42 Å². The fraction of sp³-hybridized carbons (Fsp3) is 0.300. The van der Waals surface area contributed by atoms with Crippen molar-refractivity contribution in [1.29, 1.82) is 0 Å². The minimum absolute atomic E-state index is 0.479. The topological polar surface area (TPSA) is 81.6 Å². The third-order valence-corrected chi connectivity index (χ3v) is 2.15. The molecule has 0 aromatic carbocycles. The molecule has 3 N–H and O–H groups in total. The summed E-state index contributed by atoms with van der Waals surface area (Å²) in [5.41, 5.74) is 5.54. The summed E-state index contributed by atoms with van der Waals surface area (Å²) in [7, 11) is 0. The van der Waals surface area contributed by atoms with Crippen LogP contribution in [0.3, 0.4) is 0 Å². The molecule has 16 heavy (non-hydrogen) atoms. The molecule has 0 bridgehead atoms. The molecular weight excluding hydrogens is 204 g/mol. The highest BCUT2D eigenvalue weighted by Gasteiger charge is 1.95. The lowest BCUT2D eigenvalue weighted by atomic mass is 10.4. The van der Waals surface area contributed by atoms with Gasteiger partial charge in [0.15, 0.2) is 0 Å². The summed E-state index contributed by atoms with van der Waals surface area (Å²) in [6, 6.07) is 1.72. The molecule has 0 saturated heterocycles. The second kappa shape index (κ2) is 5.11. The van der Waals surface area contributed by atoms with Crippen LogP contribution < -0.4 is 11.1 Å². The molecule has 0 spiro atoms. The number of nitrogens with two attached hydrogens (primary N) is 1. The van der Waals surface area contributed by atoms with E-state index in [0.29, 0.717) is 5.82 Å². The summed E-state index contributed by atoms with van der Waals surface area (Å²) in [6.45, 7) is 1.78. The highest BCUT2D eigenvalue weighted by atomic mass is 15.0. The van der Waals surface area contributed by atoms with Gasteiger partial charge < -0.3 is 15.6 Å². The van der Waals surface area contributed by atoms with E-state index >= 15 is 0 Å². The third kappa shape index (κ3) is 2.94. The van der Waals surface area contributed by atoms with Crippen molar-refractivity contribution in [1.82, 2.24) is 19.5 Å². The predicted molar refractivity (Wildman–Crippen MR) is 61.8 cm³/mol. The lowest BCUT2D eigenvalue weighted by molar-refractivity contribution is 0.660. The highest BCUT2D eigenvalue weighted by Crippen LogP contribution is 2.04. The summed E-state index contributed by atoms with van der Waals surface area (Å²) in [6.07, 6.45) is 7.98. The molecular formula is C10H14N6. The van der Waals surface area contributed by atoms with Crippen molar-refractivity contribution >= 4 is 11.6 Å². The van der Waals surface area contributed by atoms with Gasteiger partial charge >= 0.3 is 0 Å². The molecule has 2 aromatic heterocycles. The van der Waals surface area contributed by atoms with E-state index in [1.807, 2.05) is 17.1 Å². The largest absolute Gasteiger partial charge is 0.384 e. The van der Waals surface area contributed by atoms with Gasteiger partial charge in [-0.3, -0.25) is 0 Å². The second-order valence-corrected chi connectivity index (χ2v) is 3.41. The number of imidazole rings is 1. The van der Waals surface area contributed by atoms with Crippen molar-refractivity contribution in [2.45, 2.75) is 13.0 Å². The molecule has 0 aliphatic carbocycles. The molecule has 2 heterocycles. The number of aryl methyl sites for hydroxylation is 1.